The van der Waals surface area contributed by atoms with Crippen LogP contribution in [0.4, 0.5) is 0 Å². The number of hydrogen-bond donors (Lipinski definition) is 0. The number of rotatable bonds is 6. The van der Waals surface area contributed by atoms with Crippen molar-refractivity contribution in [3.8, 4) is 11.5 Å². The van der Waals surface area contributed by atoms with Crippen LogP contribution in [0, 0.1) is 0 Å². The van der Waals surface area contributed by atoms with Crippen molar-refractivity contribution >= 4 is 17.6 Å². The van der Waals surface area contributed by atoms with Crippen LogP contribution in [0.1, 0.15) is 35.7 Å². The van der Waals surface area contributed by atoms with Crippen LogP contribution in [0.2, 0.25) is 5.02 Å². The minimum absolute atomic E-state index is 0.0925. The summed E-state index contributed by atoms with van der Waals surface area (Å²) in [4.78, 5) is 14.7. The number of carbonyl (C=O) groups excluding carboxylic acids is 1. The van der Waals surface area contributed by atoms with Crippen LogP contribution in [-0.2, 0) is 22.6 Å². The maximum Gasteiger partial charge on any atom is 0.338 e. The van der Waals surface area contributed by atoms with Crippen molar-refractivity contribution in [2.45, 2.75) is 39.2 Å². The highest BCUT2D eigenvalue weighted by Crippen LogP contribution is 2.21. The largest absolute Gasteiger partial charge is 0.452 e. The zero-order chi connectivity index (χ0) is 21.8. The van der Waals surface area contributed by atoms with Crippen LogP contribution in [0.15, 0.2) is 52.9 Å². The van der Waals surface area contributed by atoms with Crippen LogP contribution >= 0.6 is 11.6 Å². The molecule has 2 unspecified atom stereocenters. The van der Waals surface area contributed by atoms with E-state index >= 15 is 0 Å². The topological polar surface area (TPSA) is 77.7 Å². The Kier molecular flexibility index (Phi) is 6.65. The van der Waals surface area contributed by atoms with Crippen LogP contribution in [0.3, 0.4) is 0 Å². The predicted octanol–water partition coefficient (Wildman–Crippen LogP) is 4.36. The number of halogens is 1. The van der Waals surface area contributed by atoms with E-state index < -0.39 is 5.97 Å². The Labute approximate surface area is 185 Å². The lowest BCUT2D eigenvalue weighted by molar-refractivity contribution is -0.0704. The second-order valence-corrected chi connectivity index (χ2v) is 8.17. The first kappa shape index (κ1) is 21.5. The molecule has 3 aromatic rings. The number of ether oxygens (including phenoxy) is 2. The van der Waals surface area contributed by atoms with Gasteiger partial charge >= 0.3 is 5.97 Å². The summed E-state index contributed by atoms with van der Waals surface area (Å²) in [5.74, 6) is 0.135. The van der Waals surface area contributed by atoms with E-state index in [9.17, 15) is 4.79 Å². The Morgan fingerprint density at radius 1 is 1.06 bits per heavy atom. The molecule has 1 aliphatic heterocycles. The van der Waals surface area contributed by atoms with E-state index in [2.05, 4.69) is 28.9 Å². The van der Waals surface area contributed by atoms with E-state index in [1.165, 1.54) is 0 Å². The van der Waals surface area contributed by atoms with Gasteiger partial charge in [0.25, 0.3) is 5.89 Å². The van der Waals surface area contributed by atoms with Gasteiger partial charge < -0.3 is 13.9 Å². The molecule has 1 aromatic heterocycles. The van der Waals surface area contributed by atoms with E-state index in [0.717, 1.165) is 30.8 Å². The number of morpholine rings is 1. The number of esters is 1. The van der Waals surface area contributed by atoms with Gasteiger partial charge in [-0.05, 0) is 55.8 Å². The van der Waals surface area contributed by atoms with E-state index in [4.69, 9.17) is 25.5 Å². The lowest BCUT2D eigenvalue weighted by atomic mass is 10.1. The smallest absolute Gasteiger partial charge is 0.338 e. The van der Waals surface area contributed by atoms with Gasteiger partial charge in [-0.15, -0.1) is 10.2 Å². The summed E-state index contributed by atoms with van der Waals surface area (Å²) in [6, 6.07) is 14.5. The van der Waals surface area contributed by atoms with Crippen LogP contribution in [-0.4, -0.2) is 46.4 Å². The number of aromatic nitrogens is 2. The molecule has 1 fully saturated rings. The molecule has 0 radical (unpaired) electrons. The second-order valence-electron chi connectivity index (χ2n) is 7.73. The molecule has 4 rings (SSSR count). The molecule has 0 saturated carbocycles. The molecule has 31 heavy (non-hydrogen) atoms. The first-order valence-electron chi connectivity index (χ1n) is 10.2. The number of nitrogens with zero attached hydrogens (tertiary/aromatic N) is 3. The normalized spacial score (nSPS) is 19.3. The zero-order valence-corrected chi connectivity index (χ0v) is 18.2. The van der Waals surface area contributed by atoms with Crippen molar-refractivity contribution in [2.24, 2.45) is 0 Å². The lowest BCUT2D eigenvalue weighted by Crippen LogP contribution is -2.44. The van der Waals surface area contributed by atoms with Gasteiger partial charge in [-0.25, -0.2) is 4.79 Å². The minimum Gasteiger partial charge on any atom is -0.452 e. The quantitative estimate of drug-likeness (QED) is 0.526. The van der Waals surface area contributed by atoms with Gasteiger partial charge in [0.15, 0.2) is 6.61 Å². The Morgan fingerprint density at radius 3 is 2.42 bits per heavy atom. The number of hydrogen-bond acceptors (Lipinski definition) is 7. The van der Waals surface area contributed by atoms with Crippen molar-refractivity contribution in [1.82, 2.24) is 15.1 Å². The highest BCUT2D eigenvalue weighted by Gasteiger charge is 2.22. The standard InChI is InChI=1S/C23H24ClN3O4/c1-15-11-27(12-16(2)30-15)13-17-3-5-19(6-4-17)23(28)29-14-21-25-26-22(31-21)18-7-9-20(24)10-8-18/h3-10,15-16H,11-14H2,1-2H3. The third-order valence-corrected chi connectivity index (χ3v) is 5.23. The Morgan fingerprint density at radius 2 is 1.74 bits per heavy atom. The Balaban J connectivity index is 1.30. The average molecular weight is 442 g/mol. The van der Waals surface area contributed by atoms with Crippen LogP contribution in [0.25, 0.3) is 11.5 Å². The van der Waals surface area contributed by atoms with Crippen LogP contribution < -0.4 is 0 Å². The summed E-state index contributed by atoms with van der Waals surface area (Å²) in [5.41, 5.74) is 2.36. The molecule has 0 bridgehead atoms. The van der Waals surface area contributed by atoms with Crippen molar-refractivity contribution in [3.05, 3.63) is 70.6 Å². The first-order valence-corrected chi connectivity index (χ1v) is 10.6. The number of benzene rings is 2. The minimum atomic E-state index is -0.439. The average Bonchev–Trinajstić information content (AvgIpc) is 3.21. The van der Waals surface area contributed by atoms with E-state index in [0.29, 0.717) is 16.5 Å². The van der Waals surface area contributed by atoms with Crippen LogP contribution in [0.5, 0.6) is 0 Å². The fourth-order valence-electron chi connectivity index (χ4n) is 3.65. The molecular formula is C23H24ClN3O4. The molecule has 0 spiro atoms. The Hall–Kier alpha value is -2.74. The molecule has 8 heteroatoms. The summed E-state index contributed by atoms with van der Waals surface area (Å²) in [6.45, 7) is 6.70. The molecule has 2 aromatic carbocycles. The SMILES string of the molecule is CC1CN(Cc2ccc(C(=O)OCc3nnc(-c4ccc(Cl)cc4)o3)cc2)CC(C)O1. The van der Waals surface area contributed by atoms with Crippen molar-refractivity contribution < 1.29 is 18.7 Å². The van der Waals surface area contributed by atoms with Gasteiger partial charge in [0.05, 0.1) is 17.8 Å². The zero-order valence-electron chi connectivity index (χ0n) is 17.5. The Bertz CT molecular complexity index is 1010. The third-order valence-electron chi connectivity index (χ3n) is 4.98. The molecule has 0 N–H and O–H groups in total. The van der Waals surface area contributed by atoms with Gasteiger partial charge in [-0.2, -0.15) is 0 Å². The summed E-state index contributed by atoms with van der Waals surface area (Å²) >= 11 is 5.89. The molecule has 2 heterocycles. The summed E-state index contributed by atoms with van der Waals surface area (Å²) < 4.78 is 16.6. The second kappa shape index (κ2) is 9.60. The van der Waals surface area contributed by atoms with Gasteiger partial charge in [0.1, 0.15) is 0 Å². The van der Waals surface area contributed by atoms with E-state index in [-0.39, 0.29) is 24.7 Å². The summed E-state index contributed by atoms with van der Waals surface area (Å²) in [6.07, 6.45) is 0.450. The fraction of sp³-hybridized carbons (Fsp3) is 0.348. The number of carbonyl (C=O) groups is 1. The maximum atomic E-state index is 12.4. The molecular weight excluding hydrogens is 418 g/mol. The molecule has 2 atom stereocenters. The predicted molar refractivity (Wildman–Crippen MR) is 116 cm³/mol. The van der Waals surface area contributed by atoms with Gasteiger partial charge in [0.2, 0.25) is 5.89 Å². The van der Waals surface area contributed by atoms with Gasteiger partial charge in [-0.3, -0.25) is 4.90 Å². The maximum absolute atomic E-state index is 12.4. The monoisotopic (exact) mass is 441 g/mol. The fourth-order valence-corrected chi connectivity index (χ4v) is 3.78. The summed E-state index contributed by atoms with van der Waals surface area (Å²) in [7, 11) is 0. The van der Waals surface area contributed by atoms with Gasteiger partial charge in [0, 0.05) is 30.2 Å². The highest BCUT2D eigenvalue weighted by atomic mass is 35.5. The van der Waals surface area contributed by atoms with E-state index in [1.807, 2.05) is 12.1 Å². The molecule has 162 valence electrons. The van der Waals surface area contributed by atoms with Crippen molar-refractivity contribution in [3.63, 3.8) is 0 Å². The molecule has 0 amide bonds. The molecule has 1 aliphatic rings. The highest BCUT2D eigenvalue weighted by molar-refractivity contribution is 6.30. The molecule has 7 nitrogen and oxygen atoms in total. The van der Waals surface area contributed by atoms with E-state index in [1.54, 1.807) is 36.4 Å². The molecule has 1 saturated heterocycles. The molecule has 0 aliphatic carbocycles. The van der Waals surface area contributed by atoms with Crippen molar-refractivity contribution in [2.75, 3.05) is 13.1 Å². The van der Waals surface area contributed by atoms with Crippen molar-refractivity contribution in [1.29, 1.82) is 0 Å². The first-order chi connectivity index (χ1) is 15.0. The summed E-state index contributed by atoms with van der Waals surface area (Å²) in [5, 5.41) is 8.53. The lowest BCUT2D eigenvalue weighted by Gasteiger charge is -2.35. The van der Waals surface area contributed by atoms with Gasteiger partial charge in [-0.1, -0.05) is 23.7 Å². The third kappa shape index (κ3) is 5.70.